The lowest BCUT2D eigenvalue weighted by atomic mass is 10.0. The largest absolute Gasteiger partial charge is 0.462 e. The second-order valence-electron chi connectivity index (χ2n) is 5.77. The second kappa shape index (κ2) is 11.0. The number of hydrogen-bond donors (Lipinski definition) is 0. The Morgan fingerprint density at radius 2 is 1.50 bits per heavy atom. The van der Waals surface area contributed by atoms with Crippen LogP contribution in [-0.2, 0) is 19.1 Å². The molecule has 30 heavy (non-hydrogen) atoms. The highest BCUT2D eigenvalue weighted by molar-refractivity contribution is 5.87. The van der Waals surface area contributed by atoms with Crippen molar-refractivity contribution in [1.82, 2.24) is 0 Å². The van der Waals surface area contributed by atoms with Gasteiger partial charge in [0.25, 0.3) is 0 Å². The van der Waals surface area contributed by atoms with E-state index in [-0.39, 0.29) is 11.3 Å². The van der Waals surface area contributed by atoms with Crippen LogP contribution in [0.5, 0.6) is 11.5 Å². The lowest BCUT2D eigenvalue weighted by Gasteiger charge is -2.07. The summed E-state index contributed by atoms with van der Waals surface area (Å²) in [7, 11) is 0. The predicted molar refractivity (Wildman–Crippen MR) is 109 cm³/mol. The van der Waals surface area contributed by atoms with Gasteiger partial charge in [0.05, 0.1) is 0 Å². The first-order chi connectivity index (χ1) is 14.4. The molecule has 0 saturated heterocycles. The van der Waals surface area contributed by atoms with Crippen LogP contribution in [0.1, 0.15) is 6.92 Å². The van der Waals surface area contributed by atoms with Crippen molar-refractivity contribution in [3.05, 3.63) is 98.1 Å². The fraction of sp³-hybridized carbons (Fsp3) is 0.0435. The van der Waals surface area contributed by atoms with Crippen LogP contribution in [0.4, 0.5) is 4.39 Å². The van der Waals surface area contributed by atoms with Gasteiger partial charge in [-0.25, -0.2) is 14.0 Å². The predicted octanol–water partition coefficient (Wildman–Crippen LogP) is 5.04. The maximum Gasteiger partial charge on any atom is 0.338 e. The molecular formula is C23H19FO6. The average Bonchev–Trinajstić information content (AvgIpc) is 2.74. The summed E-state index contributed by atoms with van der Waals surface area (Å²) in [6.45, 7) is 8.23. The molecule has 0 unspecified atom stereocenters. The minimum Gasteiger partial charge on any atom is -0.462 e. The molecule has 154 valence electrons. The Morgan fingerprint density at radius 1 is 0.900 bits per heavy atom. The van der Waals surface area contributed by atoms with Crippen molar-refractivity contribution in [2.24, 2.45) is 0 Å². The maximum atomic E-state index is 14.4. The van der Waals surface area contributed by atoms with Crippen molar-refractivity contribution in [3.8, 4) is 22.6 Å². The standard InChI is InChI=1S/C23H19FO6/c1-4-22(25)29-13-11-27-18-7-5-17(6-8-18)20-10-9-19(15-21(20)24)28-12-14-30-23(26)16(2)3/h4-15H,1-2H2,3H3/b13-11-,14-12-. The summed E-state index contributed by atoms with van der Waals surface area (Å²) >= 11 is 0. The molecule has 6 nitrogen and oxygen atoms in total. The molecule has 0 N–H and O–H groups in total. The molecule has 0 spiro atoms. The van der Waals surface area contributed by atoms with Crippen LogP contribution in [0.25, 0.3) is 11.1 Å². The zero-order valence-corrected chi connectivity index (χ0v) is 16.2. The lowest BCUT2D eigenvalue weighted by molar-refractivity contribution is -0.134. The summed E-state index contributed by atoms with van der Waals surface area (Å²) in [4.78, 5) is 22.1. The SMILES string of the molecule is C=CC(=O)O/C=C\Oc1ccc(-c2ccc(O/C=C\OC(=O)C(=C)C)cc2F)cc1. The summed E-state index contributed by atoms with van der Waals surface area (Å²) in [6, 6.07) is 11.0. The van der Waals surface area contributed by atoms with Crippen LogP contribution < -0.4 is 9.47 Å². The van der Waals surface area contributed by atoms with Crippen LogP contribution in [0, 0.1) is 5.82 Å². The molecule has 0 fully saturated rings. The van der Waals surface area contributed by atoms with Gasteiger partial charge in [0, 0.05) is 23.3 Å². The van der Waals surface area contributed by atoms with Crippen molar-refractivity contribution < 1.29 is 32.9 Å². The van der Waals surface area contributed by atoms with Crippen molar-refractivity contribution >= 4 is 11.9 Å². The minimum atomic E-state index is -0.600. The third-order valence-corrected chi connectivity index (χ3v) is 3.50. The van der Waals surface area contributed by atoms with Gasteiger partial charge in [-0.2, -0.15) is 0 Å². The molecule has 2 aromatic carbocycles. The van der Waals surface area contributed by atoms with Gasteiger partial charge in [-0.3, -0.25) is 0 Å². The van der Waals surface area contributed by atoms with Crippen molar-refractivity contribution in [2.45, 2.75) is 6.92 Å². The van der Waals surface area contributed by atoms with E-state index in [9.17, 15) is 14.0 Å². The molecule has 0 bridgehead atoms. The van der Waals surface area contributed by atoms with Crippen LogP contribution in [0.15, 0.2) is 92.3 Å². The molecular weight excluding hydrogens is 391 g/mol. The van der Waals surface area contributed by atoms with Crippen LogP contribution in [0.3, 0.4) is 0 Å². The number of ether oxygens (including phenoxy) is 4. The number of hydrogen-bond acceptors (Lipinski definition) is 6. The van der Waals surface area contributed by atoms with Crippen LogP contribution >= 0.6 is 0 Å². The normalized spacial score (nSPS) is 10.6. The Labute approximate surface area is 173 Å². The number of halogens is 1. The Morgan fingerprint density at radius 3 is 2.10 bits per heavy atom. The van der Waals surface area contributed by atoms with Gasteiger partial charge in [0.15, 0.2) is 0 Å². The molecule has 0 atom stereocenters. The summed E-state index contributed by atoms with van der Waals surface area (Å²) < 4.78 is 34.3. The van der Waals surface area contributed by atoms with E-state index in [4.69, 9.17) is 14.2 Å². The smallest absolute Gasteiger partial charge is 0.338 e. The Balaban J connectivity index is 1.96. The molecule has 0 amide bonds. The van der Waals surface area contributed by atoms with Gasteiger partial charge in [0.2, 0.25) is 0 Å². The maximum absolute atomic E-state index is 14.4. The number of benzene rings is 2. The summed E-state index contributed by atoms with van der Waals surface area (Å²) in [5.41, 5.74) is 1.24. The number of carbonyl (C=O) groups is 2. The highest BCUT2D eigenvalue weighted by atomic mass is 19.1. The Kier molecular flexibility index (Phi) is 8.14. The number of rotatable bonds is 9. The zero-order valence-electron chi connectivity index (χ0n) is 16.2. The monoisotopic (exact) mass is 410 g/mol. The van der Waals surface area contributed by atoms with E-state index >= 15 is 0 Å². The lowest BCUT2D eigenvalue weighted by Crippen LogP contribution is -1.99. The van der Waals surface area contributed by atoms with E-state index in [0.29, 0.717) is 16.9 Å². The first-order valence-electron chi connectivity index (χ1n) is 8.63. The summed E-state index contributed by atoms with van der Waals surface area (Å²) in [5.74, 6) is -0.976. The molecule has 2 rings (SSSR count). The highest BCUT2D eigenvalue weighted by Gasteiger charge is 2.07. The first kappa shape index (κ1) is 22.2. The van der Waals surface area contributed by atoms with E-state index in [2.05, 4.69) is 17.9 Å². The van der Waals surface area contributed by atoms with Gasteiger partial charge in [0.1, 0.15) is 42.4 Å². The third-order valence-electron chi connectivity index (χ3n) is 3.50. The molecule has 0 aliphatic heterocycles. The van der Waals surface area contributed by atoms with E-state index in [1.807, 2.05) is 0 Å². The van der Waals surface area contributed by atoms with E-state index in [1.54, 1.807) is 36.4 Å². The van der Waals surface area contributed by atoms with Gasteiger partial charge < -0.3 is 18.9 Å². The van der Waals surface area contributed by atoms with Gasteiger partial charge in [-0.1, -0.05) is 25.3 Å². The van der Waals surface area contributed by atoms with E-state index < -0.39 is 17.8 Å². The number of carbonyl (C=O) groups excluding carboxylic acids is 2. The third kappa shape index (κ3) is 6.79. The number of esters is 2. The molecule has 0 aliphatic carbocycles. The fourth-order valence-corrected chi connectivity index (χ4v) is 2.06. The zero-order chi connectivity index (χ0) is 21.9. The van der Waals surface area contributed by atoms with E-state index in [0.717, 1.165) is 24.9 Å². The molecule has 0 aromatic heterocycles. The molecule has 0 aliphatic rings. The average molecular weight is 410 g/mol. The highest BCUT2D eigenvalue weighted by Crippen LogP contribution is 2.28. The molecule has 0 radical (unpaired) electrons. The van der Waals surface area contributed by atoms with Gasteiger partial charge >= 0.3 is 11.9 Å². The molecule has 2 aromatic rings. The Hall–Kier alpha value is -4.13. The van der Waals surface area contributed by atoms with E-state index in [1.165, 1.54) is 19.3 Å². The molecule has 0 saturated carbocycles. The quantitative estimate of drug-likeness (QED) is 0.328. The second-order valence-corrected chi connectivity index (χ2v) is 5.77. The summed E-state index contributed by atoms with van der Waals surface area (Å²) in [6.07, 6.45) is 5.49. The van der Waals surface area contributed by atoms with Crippen molar-refractivity contribution in [1.29, 1.82) is 0 Å². The topological polar surface area (TPSA) is 71.1 Å². The van der Waals surface area contributed by atoms with Crippen LogP contribution in [0.2, 0.25) is 0 Å². The molecule has 7 heteroatoms. The molecule has 0 heterocycles. The van der Waals surface area contributed by atoms with Crippen molar-refractivity contribution in [2.75, 3.05) is 0 Å². The minimum absolute atomic E-state index is 0.234. The van der Waals surface area contributed by atoms with Crippen molar-refractivity contribution in [3.63, 3.8) is 0 Å². The Bertz CT molecular complexity index is 989. The summed E-state index contributed by atoms with van der Waals surface area (Å²) in [5, 5.41) is 0. The van der Waals surface area contributed by atoms with Gasteiger partial charge in [-0.05, 0) is 36.8 Å². The van der Waals surface area contributed by atoms with Crippen LogP contribution in [-0.4, -0.2) is 11.9 Å². The van der Waals surface area contributed by atoms with Gasteiger partial charge in [-0.15, -0.1) is 0 Å². The fourth-order valence-electron chi connectivity index (χ4n) is 2.06. The first-order valence-corrected chi connectivity index (χ1v) is 8.63.